The summed E-state index contributed by atoms with van der Waals surface area (Å²) in [6, 6.07) is -0.518. The molecule has 0 saturated carbocycles. The Morgan fingerprint density at radius 3 is 2.15 bits per heavy atom. The van der Waals surface area contributed by atoms with Crippen LogP contribution in [-0.4, -0.2) is 35.6 Å². The van der Waals surface area contributed by atoms with Gasteiger partial charge in [0.05, 0.1) is 6.04 Å². The maximum atomic E-state index is 11.0. The summed E-state index contributed by atoms with van der Waals surface area (Å²) in [6.45, 7) is 4.63. The van der Waals surface area contributed by atoms with Gasteiger partial charge in [0.2, 0.25) is 5.91 Å². The molecule has 0 bridgehead atoms. The van der Waals surface area contributed by atoms with E-state index in [0.717, 1.165) is 0 Å². The van der Waals surface area contributed by atoms with E-state index in [1.54, 1.807) is 6.92 Å². The van der Waals surface area contributed by atoms with Crippen LogP contribution in [-0.2, 0) is 9.59 Å². The molecule has 1 amide bonds. The van der Waals surface area contributed by atoms with Crippen molar-refractivity contribution in [1.82, 2.24) is 10.6 Å². The molecule has 3 N–H and O–H groups in total. The van der Waals surface area contributed by atoms with E-state index in [1.165, 1.54) is 20.9 Å². The summed E-state index contributed by atoms with van der Waals surface area (Å²) in [6.07, 6.45) is 0. The number of nitrogens with one attached hydrogen (secondary N) is 2. The zero-order valence-corrected chi connectivity index (χ0v) is 8.34. The van der Waals surface area contributed by atoms with Gasteiger partial charge in [0.25, 0.3) is 0 Å². The van der Waals surface area contributed by atoms with Gasteiger partial charge in [-0.15, -0.1) is 0 Å². The van der Waals surface area contributed by atoms with Crippen LogP contribution in [0.25, 0.3) is 0 Å². The van der Waals surface area contributed by atoms with Gasteiger partial charge >= 0.3 is 5.97 Å². The van der Waals surface area contributed by atoms with Gasteiger partial charge in [-0.05, 0) is 20.8 Å². The van der Waals surface area contributed by atoms with E-state index in [-0.39, 0.29) is 5.91 Å². The van der Waals surface area contributed by atoms with Crippen LogP contribution in [0.1, 0.15) is 20.8 Å². The van der Waals surface area contributed by atoms with Crippen molar-refractivity contribution in [2.75, 3.05) is 7.05 Å². The molecule has 0 aromatic heterocycles. The molecule has 0 aliphatic carbocycles. The molecule has 1 unspecified atom stereocenters. The molecular formula is C8H16N2O3. The Balaban J connectivity index is 4.27. The van der Waals surface area contributed by atoms with Crippen molar-refractivity contribution in [3.05, 3.63) is 0 Å². The molecule has 0 aromatic carbocycles. The Bertz CT molecular complexity index is 213. The maximum Gasteiger partial charge on any atom is 0.323 e. The second-order valence-corrected chi connectivity index (χ2v) is 3.41. The van der Waals surface area contributed by atoms with Crippen molar-refractivity contribution < 1.29 is 14.7 Å². The van der Waals surface area contributed by atoms with E-state index < -0.39 is 17.6 Å². The van der Waals surface area contributed by atoms with Crippen LogP contribution in [0.4, 0.5) is 0 Å². The molecule has 0 aliphatic heterocycles. The summed E-state index contributed by atoms with van der Waals surface area (Å²) in [4.78, 5) is 21.7. The standard InChI is InChI=1S/C8H16N2O3/c1-5(6(11)9-4)10-8(2,3)7(12)13/h5,10H,1-4H3,(H,9,11)(H,12,13). The molecule has 0 saturated heterocycles. The predicted molar refractivity (Wildman–Crippen MR) is 48.4 cm³/mol. The molecule has 5 nitrogen and oxygen atoms in total. The van der Waals surface area contributed by atoms with Crippen LogP contribution < -0.4 is 10.6 Å². The Morgan fingerprint density at radius 1 is 1.38 bits per heavy atom. The van der Waals surface area contributed by atoms with E-state index in [4.69, 9.17) is 5.11 Å². The van der Waals surface area contributed by atoms with E-state index in [0.29, 0.717) is 0 Å². The van der Waals surface area contributed by atoms with Crippen molar-refractivity contribution >= 4 is 11.9 Å². The van der Waals surface area contributed by atoms with Crippen LogP contribution in [0.2, 0.25) is 0 Å². The zero-order chi connectivity index (χ0) is 10.6. The van der Waals surface area contributed by atoms with Crippen molar-refractivity contribution in [3.8, 4) is 0 Å². The molecule has 0 fully saturated rings. The Kier molecular flexibility index (Phi) is 3.87. The number of amides is 1. The Morgan fingerprint density at radius 2 is 1.85 bits per heavy atom. The number of hydrogen-bond donors (Lipinski definition) is 3. The quantitative estimate of drug-likeness (QED) is 0.559. The van der Waals surface area contributed by atoms with Crippen molar-refractivity contribution in [2.24, 2.45) is 0 Å². The molecule has 0 radical (unpaired) electrons. The first-order valence-electron chi connectivity index (χ1n) is 4.04. The normalized spacial score (nSPS) is 13.5. The molecule has 5 heteroatoms. The molecule has 0 spiro atoms. The van der Waals surface area contributed by atoms with E-state index in [1.807, 2.05) is 0 Å². The summed E-state index contributed by atoms with van der Waals surface area (Å²) < 4.78 is 0. The van der Waals surface area contributed by atoms with Crippen molar-refractivity contribution in [2.45, 2.75) is 32.4 Å². The average molecular weight is 188 g/mol. The third-order valence-electron chi connectivity index (χ3n) is 1.75. The minimum absolute atomic E-state index is 0.227. The van der Waals surface area contributed by atoms with Gasteiger partial charge < -0.3 is 10.4 Å². The van der Waals surface area contributed by atoms with Crippen LogP contribution in [0.5, 0.6) is 0 Å². The van der Waals surface area contributed by atoms with Crippen LogP contribution >= 0.6 is 0 Å². The Hall–Kier alpha value is -1.10. The van der Waals surface area contributed by atoms with Gasteiger partial charge in [-0.3, -0.25) is 14.9 Å². The molecule has 0 heterocycles. The van der Waals surface area contributed by atoms with Gasteiger partial charge in [-0.1, -0.05) is 0 Å². The first-order chi connectivity index (χ1) is 5.81. The second kappa shape index (κ2) is 4.23. The second-order valence-electron chi connectivity index (χ2n) is 3.41. The molecule has 0 aliphatic rings. The topological polar surface area (TPSA) is 78.4 Å². The van der Waals surface area contributed by atoms with Crippen LogP contribution in [0, 0.1) is 0 Å². The minimum atomic E-state index is -1.09. The van der Waals surface area contributed by atoms with Gasteiger partial charge in [-0.25, -0.2) is 0 Å². The largest absolute Gasteiger partial charge is 0.480 e. The number of carbonyl (C=O) groups excluding carboxylic acids is 1. The molecule has 0 rings (SSSR count). The lowest BCUT2D eigenvalue weighted by Gasteiger charge is -2.24. The van der Waals surface area contributed by atoms with Gasteiger partial charge in [0, 0.05) is 7.05 Å². The third-order valence-corrected chi connectivity index (χ3v) is 1.75. The van der Waals surface area contributed by atoms with Gasteiger partial charge in [0.1, 0.15) is 5.54 Å². The monoisotopic (exact) mass is 188 g/mol. The fourth-order valence-electron chi connectivity index (χ4n) is 0.885. The minimum Gasteiger partial charge on any atom is -0.480 e. The maximum absolute atomic E-state index is 11.0. The van der Waals surface area contributed by atoms with Gasteiger partial charge in [0.15, 0.2) is 0 Å². The lowest BCUT2D eigenvalue weighted by atomic mass is 10.0. The highest BCUT2D eigenvalue weighted by Gasteiger charge is 2.30. The summed E-state index contributed by atoms with van der Waals surface area (Å²) in [5, 5.41) is 13.9. The smallest absolute Gasteiger partial charge is 0.323 e. The number of likely N-dealkylation sites (N-methyl/N-ethyl adjacent to an activating group) is 1. The molecule has 13 heavy (non-hydrogen) atoms. The number of aliphatic carboxylic acids is 1. The molecule has 1 atom stereocenters. The highest BCUT2D eigenvalue weighted by atomic mass is 16.4. The molecule has 76 valence electrons. The SMILES string of the molecule is CNC(=O)C(C)NC(C)(C)C(=O)O. The number of carboxylic acid groups (broad SMARTS) is 1. The van der Waals surface area contributed by atoms with Crippen molar-refractivity contribution in [1.29, 1.82) is 0 Å². The highest BCUT2D eigenvalue weighted by molar-refractivity contribution is 5.83. The fraction of sp³-hybridized carbons (Fsp3) is 0.750. The van der Waals surface area contributed by atoms with Crippen LogP contribution in [0.15, 0.2) is 0 Å². The van der Waals surface area contributed by atoms with E-state index >= 15 is 0 Å². The zero-order valence-electron chi connectivity index (χ0n) is 8.34. The lowest BCUT2D eigenvalue weighted by Crippen LogP contribution is -2.54. The third kappa shape index (κ3) is 3.42. The van der Waals surface area contributed by atoms with Crippen LogP contribution in [0.3, 0.4) is 0 Å². The number of carbonyl (C=O) groups is 2. The van der Waals surface area contributed by atoms with E-state index in [9.17, 15) is 9.59 Å². The summed E-state index contributed by atoms with van der Waals surface area (Å²) in [5.74, 6) is -1.21. The molecular weight excluding hydrogens is 172 g/mol. The summed E-state index contributed by atoms with van der Waals surface area (Å²) in [5.41, 5.74) is -1.09. The Labute approximate surface area is 77.5 Å². The first kappa shape index (κ1) is 11.9. The number of rotatable bonds is 4. The van der Waals surface area contributed by atoms with Gasteiger partial charge in [-0.2, -0.15) is 0 Å². The predicted octanol–water partition coefficient (Wildman–Crippen LogP) is -0.426. The average Bonchev–Trinajstić information content (AvgIpc) is 2.01. The highest BCUT2D eigenvalue weighted by Crippen LogP contribution is 2.03. The molecule has 0 aromatic rings. The van der Waals surface area contributed by atoms with Crippen molar-refractivity contribution in [3.63, 3.8) is 0 Å². The fourth-order valence-corrected chi connectivity index (χ4v) is 0.885. The summed E-state index contributed by atoms with van der Waals surface area (Å²) >= 11 is 0. The van der Waals surface area contributed by atoms with E-state index in [2.05, 4.69) is 10.6 Å². The lowest BCUT2D eigenvalue weighted by molar-refractivity contribution is -0.144. The first-order valence-corrected chi connectivity index (χ1v) is 4.04. The summed E-state index contributed by atoms with van der Waals surface area (Å²) in [7, 11) is 1.51. The number of hydrogen-bond acceptors (Lipinski definition) is 3. The number of carboxylic acids is 1.